The van der Waals surface area contributed by atoms with Crippen LogP contribution in [0.5, 0.6) is 0 Å². The molecular formula is C12H10Cl2O. The van der Waals surface area contributed by atoms with Crippen molar-refractivity contribution in [2.75, 3.05) is 0 Å². The Morgan fingerprint density at radius 3 is 2.53 bits per heavy atom. The zero-order chi connectivity index (χ0) is 11.2. The summed E-state index contributed by atoms with van der Waals surface area (Å²) < 4.78 is 0. The van der Waals surface area contributed by atoms with E-state index < -0.39 is 4.87 Å². The summed E-state index contributed by atoms with van der Waals surface area (Å²) in [4.78, 5) is 11.1. The normalized spacial score (nSPS) is 25.5. The van der Waals surface area contributed by atoms with E-state index in [1.807, 2.05) is 25.1 Å². The Morgan fingerprint density at radius 2 is 1.87 bits per heavy atom. The molecule has 0 unspecified atom stereocenters. The predicted molar refractivity (Wildman–Crippen MR) is 62.5 cm³/mol. The first-order chi connectivity index (χ1) is 6.96. The lowest BCUT2D eigenvalue weighted by Crippen LogP contribution is -2.26. The number of rotatable bonds is 0. The van der Waals surface area contributed by atoms with Crippen LogP contribution < -0.4 is 0 Å². The molecule has 0 fully saturated rings. The van der Waals surface area contributed by atoms with Crippen LogP contribution >= 0.6 is 23.2 Å². The zero-order valence-electron chi connectivity index (χ0n) is 8.47. The number of hydrogen-bond donors (Lipinski definition) is 0. The summed E-state index contributed by atoms with van der Waals surface area (Å²) in [7, 11) is 0. The molecule has 1 aliphatic carbocycles. The SMILES string of the molecule is CC1=C(Cl)[C@](C)(Cl)c2ccccc2C1=O. The van der Waals surface area contributed by atoms with Gasteiger partial charge in [-0.05, 0) is 19.4 Å². The van der Waals surface area contributed by atoms with Crippen molar-refractivity contribution in [1.29, 1.82) is 0 Å². The van der Waals surface area contributed by atoms with Crippen LogP contribution in [0.2, 0.25) is 0 Å². The number of halogens is 2. The molecule has 15 heavy (non-hydrogen) atoms. The summed E-state index contributed by atoms with van der Waals surface area (Å²) in [5.41, 5.74) is 1.97. The van der Waals surface area contributed by atoms with Crippen LogP contribution in [-0.2, 0) is 4.87 Å². The van der Waals surface area contributed by atoms with Crippen LogP contribution in [0.1, 0.15) is 29.8 Å². The topological polar surface area (TPSA) is 17.1 Å². The molecule has 0 aliphatic heterocycles. The van der Waals surface area contributed by atoms with Gasteiger partial charge in [-0.3, -0.25) is 4.79 Å². The van der Waals surface area contributed by atoms with Crippen LogP contribution in [0.3, 0.4) is 0 Å². The van der Waals surface area contributed by atoms with Crippen molar-refractivity contribution in [3.63, 3.8) is 0 Å². The second kappa shape index (κ2) is 3.36. The van der Waals surface area contributed by atoms with Crippen LogP contribution in [0, 0.1) is 0 Å². The highest BCUT2D eigenvalue weighted by Crippen LogP contribution is 2.45. The Bertz CT molecular complexity index is 472. The third-order valence-electron chi connectivity index (χ3n) is 2.76. The van der Waals surface area contributed by atoms with Crippen molar-refractivity contribution in [3.05, 3.63) is 46.0 Å². The van der Waals surface area contributed by atoms with Gasteiger partial charge in [0, 0.05) is 11.1 Å². The number of allylic oxidation sites excluding steroid dienone is 2. The first kappa shape index (κ1) is 10.7. The lowest BCUT2D eigenvalue weighted by atomic mass is 9.84. The summed E-state index contributed by atoms with van der Waals surface area (Å²) >= 11 is 12.5. The molecule has 0 spiro atoms. The number of alkyl halides is 1. The standard InChI is InChI=1S/C12H10Cl2O/c1-7-10(15)8-5-3-4-6-9(8)12(2,14)11(7)13/h3-6H,1-2H3/t12-/m1/s1. The maximum atomic E-state index is 11.9. The second-order valence-corrected chi connectivity index (χ2v) is 4.95. The molecule has 0 bridgehead atoms. The van der Waals surface area contributed by atoms with E-state index in [2.05, 4.69) is 0 Å². The van der Waals surface area contributed by atoms with Gasteiger partial charge in [0.05, 0.1) is 5.03 Å². The minimum atomic E-state index is -0.782. The molecule has 78 valence electrons. The first-order valence-electron chi connectivity index (χ1n) is 4.66. The first-order valence-corrected chi connectivity index (χ1v) is 5.42. The highest BCUT2D eigenvalue weighted by Gasteiger charge is 2.38. The van der Waals surface area contributed by atoms with E-state index in [0.717, 1.165) is 5.56 Å². The molecule has 1 atom stereocenters. The van der Waals surface area contributed by atoms with Crippen molar-refractivity contribution < 1.29 is 4.79 Å². The third kappa shape index (κ3) is 1.42. The van der Waals surface area contributed by atoms with Gasteiger partial charge in [0.15, 0.2) is 5.78 Å². The van der Waals surface area contributed by atoms with Gasteiger partial charge in [-0.25, -0.2) is 0 Å². The quantitative estimate of drug-likeness (QED) is 0.630. The predicted octanol–water partition coefficient (Wildman–Crippen LogP) is 3.85. The number of ketones is 1. The Labute approximate surface area is 98.7 Å². The number of carbonyl (C=O) groups excluding carboxylic acids is 1. The van der Waals surface area contributed by atoms with Crippen molar-refractivity contribution in [2.24, 2.45) is 0 Å². The fourth-order valence-electron chi connectivity index (χ4n) is 1.86. The largest absolute Gasteiger partial charge is 0.289 e. The number of benzene rings is 1. The van der Waals surface area contributed by atoms with E-state index >= 15 is 0 Å². The molecule has 1 aromatic carbocycles. The molecular weight excluding hydrogens is 231 g/mol. The third-order valence-corrected chi connectivity index (χ3v) is 3.91. The maximum absolute atomic E-state index is 11.9. The summed E-state index contributed by atoms with van der Waals surface area (Å²) in [6.07, 6.45) is 0. The molecule has 1 aliphatic rings. The molecule has 0 N–H and O–H groups in total. The number of fused-ring (bicyclic) bond motifs is 1. The molecule has 0 heterocycles. The Balaban J connectivity index is 2.77. The molecule has 1 nitrogen and oxygen atoms in total. The van der Waals surface area contributed by atoms with Gasteiger partial charge >= 0.3 is 0 Å². The van der Waals surface area contributed by atoms with Crippen molar-refractivity contribution in [2.45, 2.75) is 18.7 Å². The second-order valence-electron chi connectivity index (χ2n) is 3.82. The van der Waals surface area contributed by atoms with Crippen molar-refractivity contribution >= 4 is 29.0 Å². The van der Waals surface area contributed by atoms with Crippen LogP contribution in [0.25, 0.3) is 0 Å². The smallest absolute Gasteiger partial charge is 0.190 e. The molecule has 0 amide bonds. The van der Waals surface area contributed by atoms with E-state index in [1.165, 1.54) is 0 Å². The van der Waals surface area contributed by atoms with Gasteiger partial charge in [0.2, 0.25) is 0 Å². The Hall–Kier alpha value is -0.790. The molecule has 1 aromatic rings. The summed E-state index contributed by atoms with van der Waals surface area (Å²) in [5.74, 6) is -0.0336. The van der Waals surface area contributed by atoms with Crippen molar-refractivity contribution in [3.8, 4) is 0 Å². The maximum Gasteiger partial charge on any atom is 0.190 e. The molecule has 2 rings (SSSR count). The van der Waals surface area contributed by atoms with Gasteiger partial charge < -0.3 is 0 Å². The zero-order valence-corrected chi connectivity index (χ0v) is 9.99. The Morgan fingerprint density at radius 1 is 1.27 bits per heavy atom. The van der Waals surface area contributed by atoms with Crippen LogP contribution in [-0.4, -0.2) is 5.78 Å². The summed E-state index contributed by atoms with van der Waals surface area (Å²) in [5, 5.41) is 0.424. The minimum absolute atomic E-state index is 0.0336. The fraction of sp³-hybridized carbons (Fsp3) is 0.250. The van der Waals surface area contributed by atoms with Gasteiger partial charge in [-0.1, -0.05) is 35.9 Å². The van der Waals surface area contributed by atoms with Crippen molar-refractivity contribution in [1.82, 2.24) is 0 Å². The highest BCUT2D eigenvalue weighted by atomic mass is 35.5. The van der Waals surface area contributed by atoms with E-state index in [9.17, 15) is 4.79 Å². The van der Waals surface area contributed by atoms with E-state index in [0.29, 0.717) is 16.2 Å². The minimum Gasteiger partial charge on any atom is -0.289 e. The molecule has 0 saturated carbocycles. The Kier molecular flexibility index (Phi) is 2.40. The van der Waals surface area contributed by atoms with Crippen LogP contribution in [0.4, 0.5) is 0 Å². The summed E-state index contributed by atoms with van der Waals surface area (Å²) in [6.45, 7) is 3.52. The lowest BCUT2D eigenvalue weighted by molar-refractivity contribution is 0.102. The van der Waals surface area contributed by atoms with Gasteiger partial charge in [-0.2, -0.15) is 0 Å². The monoisotopic (exact) mass is 240 g/mol. The lowest BCUT2D eigenvalue weighted by Gasteiger charge is -2.30. The molecule has 0 saturated heterocycles. The number of Topliss-reactive ketones (excluding diaryl/α,β-unsaturated/α-hetero) is 1. The number of hydrogen-bond acceptors (Lipinski definition) is 1. The highest BCUT2D eigenvalue weighted by molar-refractivity contribution is 6.42. The van der Waals surface area contributed by atoms with Gasteiger partial charge in [-0.15, -0.1) is 11.6 Å². The average Bonchev–Trinajstić information content (AvgIpc) is 2.24. The van der Waals surface area contributed by atoms with Gasteiger partial charge in [0.25, 0.3) is 0 Å². The van der Waals surface area contributed by atoms with Crippen LogP contribution in [0.15, 0.2) is 34.9 Å². The number of carbonyl (C=O) groups is 1. The molecule has 0 radical (unpaired) electrons. The average molecular weight is 241 g/mol. The molecule has 3 heteroatoms. The summed E-state index contributed by atoms with van der Waals surface area (Å²) in [6, 6.07) is 7.31. The molecule has 0 aromatic heterocycles. The van der Waals surface area contributed by atoms with E-state index in [-0.39, 0.29) is 5.78 Å². The van der Waals surface area contributed by atoms with E-state index in [4.69, 9.17) is 23.2 Å². The fourth-order valence-corrected chi connectivity index (χ4v) is 2.36. The van der Waals surface area contributed by atoms with Gasteiger partial charge in [0.1, 0.15) is 4.87 Å². The van der Waals surface area contributed by atoms with E-state index in [1.54, 1.807) is 13.0 Å².